The maximum Gasteiger partial charge on any atom is 0.248 e. The average molecular weight is 457 g/mol. The molecule has 0 radical (unpaired) electrons. The highest BCUT2D eigenvalue weighted by Gasteiger charge is 2.67. The Morgan fingerprint density at radius 3 is 2.18 bits per heavy atom. The van der Waals surface area contributed by atoms with Gasteiger partial charge in [0, 0.05) is 12.1 Å². The molecule has 174 valence electrons. The number of hydrogen-bond acceptors (Lipinski definition) is 4. The summed E-state index contributed by atoms with van der Waals surface area (Å²) in [6, 6.07) is 15.8. The minimum atomic E-state index is -0.893. The molecule has 0 unspecified atom stereocenters. The summed E-state index contributed by atoms with van der Waals surface area (Å²) in [4.78, 5) is 42.2. The highest BCUT2D eigenvalue weighted by Crippen LogP contribution is 2.65. The lowest BCUT2D eigenvalue weighted by Crippen LogP contribution is -2.49. The van der Waals surface area contributed by atoms with E-state index in [0.717, 1.165) is 17.7 Å². The number of nitrogens with zero attached hydrogens (tertiary/aromatic N) is 1. The van der Waals surface area contributed by atoms with Gasteiger partial charge in [0.05, 0.1) is 18.4 Å². The maximum absolute atomic E-state index is 13.7. The van der Waals surface area contributed by atoms with E-state index in [1.165, 1.54) is 4.90 Å². The molecule has 0 aromatic heterocycles. The summed E-state index contributed by atoms with van der Waals surface area (Å²) >= 11 is 0. The Kier molecular flexibility index (Phi) is 5.05. The van der Waals surface area contributed by atoms with Gasteiger partial charge in [0.25, 0.3) is 0 Å². The van der Waals surface area contributed by atoms with E-state index in [1.807, 2.05) is 37.3 Å². The van der Waals surface area contributed by atoms with Crippen LogP contribution >= 0.6 is 0 Å². The van der Waals surface area contributed by atoms with Gasteiger partial charge >= 0.3 is 0 Å². The van der Waals surface area contributed by atoms with Crippen molar-refractivity contribution in [1.29, 1.82) is 0 Å². The third-order valence-corrected chi connectivity index (χ3v) is 8.02. The first-order valence-electron chi connectivity index (χ1n) is 12.2. The molecule has 7 atom stereocenters. The minimum absolute atomic E-state index is 0.132. The number of allylic oxidation sites excluding steroid dienone is 2. The number of amides is 3. The van der Waals surface area contributed by atoms with Crippen LogP contribution in [0.25, 0.3) is 0 Å². The van der Waals surface area contributed by atoms with Gasteiger partial charge in [-0.2, -0.15) is 0 Å². The van der Waals surface area contributed by atoms with Crippen molar-refractivity contribution >= 4 is 23.4 Å². The molecule has 4 aliphatic carbocycles. The molecule has 2 aromatic carbocycles. The molecule has 2 aromatic rings. The van der Waals surface area contributed by atoms with Gasteiger partial charge < -0.3 is 10.1 Å². The topological polar surface area (TPSA) is 75.7 Å². The maximum atomic E-state index is 13.7. The number of carbonyl (C=O) groups is 3. The lowest BCUT2D eigenvalue weighted by atomic mass is 9.63. The Bertz CT molecular complexity index is 1120. The molecule has 6 nitrogen and oxygen atoms in total. The first kappa shape index (κ1) is 21.1. The van der Waals surface area contributed by atoms with Crippen LogP contribution in [0.4, 0.5) is 5.69 Å². The molecule has 1 N–H and O–H groups in total. The fraction of sp³-hybridized carbons (Fsp3) is 0.393. The van der Waals surface area contributed by atoms with E-state index in [0.29, 0.717) is 24.1 Å². The summed E-state index contributed by atoms with van der Waals surface area (Å²) in [7, 11) is 0. The van der Waals surface area contributed by atoms with Gasteiger partial charge in [0.1, 0.15) is 11.8 Å². The number of hydrogen-bond donors (Lipinski definition) is 1. The van der Waals surface area contributed by atoms with Crippen molar-refractivity contribution in [1.82, 2.24) is 4.90 Å². The highest BCUT2D eigenvalue weighted by molar-refractivity contribution is 6.10. The molecule has 1 heterocycles. The second-order valence-corrected chi connectivity index (χ2v) is 9.85. The van der Waals surface area contributed by atoms with Crippen LogP contribution in [0.5, 0.6) is 5.75 Å². The van der Waals surface area contributed by atoms with Gasteiger partial charge in [-0.1, -0.05) is 42.5 Å². The summed E-state index contributed by atoms with van der Waals surface area (Å²) in [5.74, 6) is 0.698. The number of anilines is 1. The second-order valence-electron chi connectivity index (χ2n) is 9.85. The van der Waals surface area contributed by atoms with Gasteiger partial charge in [-0.05, 0) is 66.8 Å². The minimum Gasteiger partial charge on any atom is -0.494 e. The predicted molar refractivity (Wildman–Crippen MR) is 127 cm³/mol. The fourth-order valence-electron chi connectivity index (χ4n) is 6.45. The van der Waals surface area contributed by atoms with Gasteiger partial charge in [-0.25, -0.2) is 0 Å². The Morgan fingerprint density at radius 1 is 0.971 bits per heavy atom. The van der Waals surface area contributed by atoms with E-state index >= 15 is 0 Å². The third-order valence-electron chi connectivity index (χ3n) is 8.02. The normalized spacial score (nSPS) is 31.1. The molecule has 2 saturated carbocycles. The van der Waals surface area contributed by atoms with Gasteiger partial charge in [0.15, 0.2) is 0 Å². The molecule has 7 rings (SSSR count). The van der Waals surface area contributed by atoms with E-state index in [4.69, 9.17) is 4.74 Å². The Labute approximate surface area is 199 Å². The summed E-state index contributed by atoms with van der Waals surface area (Å²) in [6.07, 6.45) is 5.71. The van der Waals surface area contributed by atoms with E-state index in [1.54, 1.807) is 24.3 Å². The lowest BCUT2D eigenvalue weighted by molar-refractivity contribution is -0.146. The van der Waals surface area contributed by atoms with E-state index in [2.05, 4.69) is 17.5 Å². The first-order valence-corrected chi connectivity index (χ1v) is 12.2. The molecular weight excluding hydrogens is 428 g/mol. The molecule has 1 saturated heterocycles. The van der Waals surface area contributed by atoms with Crippen molar-refractivity contribution < 1.29 is 19.1 Å². The molecule has 3 amide bonds. The molecule has 1 aliphatic heterocycles. The number of carbonyl (C=O) groups excluding carboxylic acids is 3. The Hall–Kier alpha value is -3.41. The molecule has 2 bridgehead atoms. The van der Waals surface area contributed by atoms with Gasteiger partial charge in [0.2, 0.25) is 17.7 Å². The van der Waals surface area contributed by atoms with Gasteiger partial charge in [-0.3, -0.25) is 19.3 Å². The van der Waals surface area contributed by atoms with Crippen LogP contribution in [0.3, 0.4) is 0 Å². The standard InChI is InChI=1S/C28H28N2O4/c1-2-34-18-10-8-17(9-11-18)29-26(31)23(14-16-6-4-3-5-7-16)30-27(32)24-19-12-13-20(22-15-21(19)22)25(24)28(30)33/h3-13,19-25H,2,14-15H2,1H3,(H,29,31)/t19-,20-,21-,22-,23+,24-,25+/m1/s1. The largest absolute Gasteiger partial charge is 0.494 e. The molecule has 3 fully saturated rings. The first-order chi connectivity index (χ1) is 16.6. The van der Waals surface area contributed by atoms with E-state index in [-0.39, 0.29) is 47.8 Å². The van der Waals surface area contributed by atoms with Crippen molar-refractivity contribution in [2.45, 2.75) is 25.8 Å². The van der Waals surface area contributed by atoms with Crippen LogP contribution in [0.15, 0.2) is 66.7 Å². The highest BCUT2D eigenvalue weighted by atomic mass is 16.5. The smallest absolute Gasteiger partial charge is 0.248 e. The average Bonchev–Trinajstić information content (AvgIpc) is 3.63. The number of likely N-dealkylation sites (tertiary alicyclic amines) is 1. The van der Waals surface area contributed by atoms with E-state index in [9.17, 15) is 14.4 Å². The van der Waals surface area contributed by atoms with Crippen molar-refractivity contribution in [2.75, 3.05) is 11.9 Å². The zero-order chi connectivity index (χ0) is 23.4. The summed E-state index contributed by atoms with van der Waals surface area (Å²) in [5, 5.41) is 2.93. The zero-order valence-corrected chi connectivity index (χ0v) is 19.1. The summed E-state index contributed by atoms with van der Waals surface area (Å²) < 4.78 is 5.48. The summed E-state index contributed by atoms with van der Waals surface area (Å²) in [5.41, 5.74) is 1.51. The molecular formula is C28H28N2O4. The van der Waals surface area contributed by atoms with E-state index < -0.39 is 6.04 Å². The van der Waals surface area contributed by atoms with Crippen LogP contribution in [0, 0.1) is 35.5 Å². The monoisotopic (exact) mass is 456 g/mol. The predicted octanol–water partition coefficient (Wildman–Crippen LogP) is 3.69. The van der Waals surface area contributed by atoms with Crippen LogP contribution in [-0.4, -0.2) is 35.3 Å². The van der Waals surface area contributed by atoms with Crippen molar-refractivity contribution in [3.05, 3.63) is 72.3 Å². The molecule has 6 heteroatoms. The Morgan fingerprint density at radius 2 is 1.59 bits per heavy atom. The van der Waals surface area contributed by atoms with Crippen molar-refractivity contribution in [3.8, 4) is 5.75 Å². The van der Waals surface area contributed by atoms with Gasteiger partial charge in [-0.15, -0.1) is 0 Å². The lowest BCUT2D eigenvalue weighted by Gasteiger charge is -2.37. The fourth-order valence-corrected chi connectivity index (χ4v) is 6.45. The number of nitrogens with one attached hydrogen (secondary N) is 1. The third kappa shape index (κ3) is 3.35. The number of imide groups is 1. The molecule has 34 heavy (non-hydrogen) atoms. The molecule has 5 aliphatic rings. The van der Waals surface area contributed by atoms with Crippen LogP contribution in [0.2, 0.25) is 0 Å². The van der Waals surface area contributed by atoms with Crippen molar-refractivity contribution in [3.63, 3.8) is 0 Å². The number of rotatable bonds is 7. The SMILES string of the molecule is CCOc1ccc(NC(=O)[C@H](Cc2ccccc2)N2C(=O)[C@@H]3[C@@H]4C=C[C@H]([C@H]5C[C@H]45)[C@@H]3C2=O)cc1. The number of ether oxygens (including phenoxy) is 1. The second kappa shape index (κ2) is 8.12. The van der Waals surface area contributed by atoms with Crippen molar-refractivity contribution in [2.24, 2.45) is 35.5 Å². The van der Waals surface area contributed by atoms with Crippen LogP contribution in [0.1, 0.15) is 18.9 Å². The van der Waals surface area contributed by atoms with Crippen LogP contribution in [-0.2, 0) is 20.8 Å². The summed E-state index contributed by atoms with van der Waals surface area (Å²) in [6.45, 7) is 2.47. The van der Waals surface area contributed by atoms with Crippen LogP contribution < -0.4 is 10.1 Å². The zero-order valence-electron chi connectivity index (χ0n) is 19.1. The number of benzene rings is 2. The quantitative estimate of drug-likeness (QED) is 0.509. The Balaban J connectivity index is 1.29. The molecule has 0 spiro atoms.